The zero-order valence-corrected chi connectivity index (χ0v) is 17.1. The molecule has 1 aromatic rings. The van der Waals surface area contributed by atoms with Crippen LogP contribution in [-0.4, -0.2) is 67.9 Å². The third-order valence-electron chi connectivity index (χ3n) is 6.30. The lowest BCUT2D eigenvalue weighted by Gasteiger charge is -2.37. The minimum Gasteiger partial charge on any atom is -0.335 e. The fourth-order valence-electron chi connectivity index (χ4n) is 4.56. The smallest absolute Gasteiger partial charge is 0.264 e. The highest BCUT2D eigenvalue weighted by Crippen LogP contribution is 2.34. The third-order valence-corrected chi connectivity index (χ3v) is 9.27. The van der Waals surface area contributed by atoms with Gasteiger partial charge in [-0.15, -0.1) is 11.3 Å². The van der Waals surface area contributed by atoms with E-state index in [1.807, 2.05) is 4.90 Å². The molecule has 0 spiro atoms. The maximum absolute atomic E-state index is 12.9. The predicted octanol–water partition coefficient (Wildman–Crippen LogP) is 2.21. The highest BCUT2D eigenvalue weighted by molar-refractivity contribution is 7.91. The molecule has 1 amide bonds. The summed E-state index contributed by atoms with van der Waals surface area (Å²) in [7, 11) is -2.85. The van der Waals surface area contributed by atoms with Crippen molar-refractivity contribution in [3.8, 4) is 0 Å². The number of sulfone groups is 1. The maximum atomic E-state index is 12.9. The number of fused-ring (bicyclic) bond motifs is 1. The van der Waals surface area contributed by atoms with E-state index in [0.717, 1.165) is 43.1 Å². The van der Waals surface area contributed by atoms with Gasteiger partial charge in [0.1, 0.15) is 0 Å². The molecule has 2 aliphatic heterocycles. The Morgan fingerprint density at radius 3 is 2.65 bits per heavy atom. The zero-order chi connectivity index (χ0) is 18.3. The number of nitrogens with zero attached hydrogens (tertiary/aromatic N) is 2. The molecule has 1 aromatic heterocycles. The van der Waals surface area contributed by atoms with Gasteiger partial charge in [0, 0.05) is 37.1 Å². The average Bonchev–Trinajstić information content (AvgIpc) is 3.23. The number of thiophene rings is 1. The molecule has 4 rings (SSSR count). The van der Waals surface area contributed by atoms with Crippen molar-refractivity contribution < 1.29 is 13.2 Å². The molecule has 0 radical (unpaired) electrons. The molecule has 0 saturated carbocycles. The summed E-state index contributed by atoms with van der Waals surface area (Å²) in [5.74, 6) is 1.54. The molecular weight excluding hydrogens is 368 g/mol. The monoisotopic (exact) mass is 396 g/mol. The van der Waals surface area contributed by atoms with Crippen molar-refractivity contribution in [2.75, 3.05) is 37.7 Å². The normalized spacial score (nSPS) is 28.9. The number of aryl methyl sites for hydroxylation is 1. The molecule has 26 heavy (non-hydrogen) atoms. The number of rotatable bonds is 3. The number of piperazine rings is 1. The Kier molecular flexibility index (Phi) is 5.14. The van der Waals surface area contributed by atoms with Gasteiger partial charge < -0.3 is 4.90 Å². The summed E-state index contributed by atoms with van der Waals surface area (Å²) >= 11 is 1.69. The number of carbonyl (C=O) groups is 1. The van der Waals surface area contributed by atoms with Gasteiger partial charge in [-0.1, -0.05) is 13.3 Å². The SMILES string of the molecule is CC[C@@H]1CCc2sc(C(=O)N3CCN([C@@H]4CCS(=O)(=O)C4)CC3)cc2C1. The van der Waals surface area contributed by atoms with E-state index in [-0.39, 0.29) is 17.7 Å². The lowest BCUT2D eigenvalue weighted by atomic mass is 9.87. The lowest BCUT2D eigenvalue weighted by Crippen LogP contribution is -2.52. The molecule has 1 aliphatic carbocycles. The van der Waals surface area contributed by atoms with Crippen LogP contribution in [0.3, 0.4) is 0 Å². The van der Waals surface area contributed by atoms with Crippen molar-refractivity contribution >= 4 is 27.1 Å². The van der Waals surface area contributed by atoms with Crippen LogP contribution in [0.4, 0.5) is 0 Å². The van der Waals surface area contributed by atoms with E-state index in [1.165, 1.54) is 23.3 Å². The molecule has 144 valence electrons. The van der Waals surface area contributed by atoms with Gasteiger partial charge in [-0.2, -0.15) is 0 Å². The van der Waals surface area contributed by atoms with Crippen molar-refractivity contribution in [1.82, 2.24) is 9.80 Å². The fourth-order valence-corrected chi connectivity index (χ4v) is 7.50. The van der Waals surface area contributed by atoms with Gasteiger partial charge in [-0.05, 0) is 43.2 Å². The van der Waals surface area contributed by atoms with Crippen LogP contribution in [0.5, 0.6) is 0 Å². The van der Waals surface area contributed by atoms with Crippen LogP contribution in [0, 0.1) is 5.92 Å². The van der Waals surface area contributed by atoms with Crippen LogP contribution in [0.1, 0.15) is 46.3 Å². The molecule has 3 heterocycles. The molecule has 2 fully saturated rings. The van der Waals surface area contributed by atoms with E-state index < -0.39 is 9.84 Å². The Bertz CT molecular complexity index is 779. The van der Waals surface area contributed by atoms with Crippen molar-refractivity contribution in [2.45, 2.75) is 45.1 Å². The van der Waals surface area contributed by atoms with Gasteiger partial charge in [-0.25, -0.2) is 8.42 Å². The minimum absolute atomic E-state index is 0.150. The summed E-state index contributed by atoms with van der Waals surface area (Å²) in [6.45, 7) is 5.23. The Morgan fingerprint density at radius 2 is 2.00 bits per heavy atom. The Balaban J connectivity index is 1.36. The van der Waals surface area contributed by atoms with E-state index in [2.05, 4.69) is 17.9 Å². The fraction of sp³-hybridized carbons (Fsp3) is 0.737. The Labute approximate surface area is 160 Å². The Hall–Kier alpha value is -0.920. The van der Waals surface area contributed by atoms with E-state index >= 15 is 0 Å². The van der Waals surface area contributed by atoms with Crippen molar-refractivity contribution in [3.05, 3.63) is 21.4 Å². The number of hydrogen-bond acceptors (Lipinski definition) is 5. The Morgan fingerprint density at radius 1 is 1.23 bits per heavy atom. The molecule has 3 aliphatic rings. The topological polar surface area (TPSA) is 57.7 Å². The minimum atomic E-state index is -2.85. The van der Waals surface area contributed by atoms with Gasteiger partial charge in [0.2, 0.25) is 0 Å². The van der Waals surface area contributed by atoms with Crippen LogP contribution < -0.4 is 0 Å². The van der Waals surface area contributed by atoms with Crippen molar-refractivity contribution in [1.29, 1.82) is 0 Å². The van der Waals surface area contributed by atoms with Gasteiger partial charge >= 0.3 is 0 Å². The summed E-state index contributed by atoms with van der Waals surface area (Å²) in [6.07, 6.45) is 5.46. The first-order chi connectivity index (χ1) is 12.4. The number of carbonyl (C=O) groups excluding carboxylic acids is 1. The molecule has 0 unspecified atom stereocenters. The highest BCUT2D eigenvalue weighted by atomic mass is 32.2. The first-order valence-corrected chi connectivity index (χ1v) is 12.4. The first kappa shape index (κ1) is 18.4. The number of hydrogen-bond donors (Lipinski definition) is 0. The van der Waals surface area contributed by atoms with Crippen molar-refractivity contribution in [3.63, 3.8) is 0 Å². The lowest BCUT2D eigenvalue weighted by molar-refractivity contribution is 0.0592. The number of amides is 1. The summed E-state index contributed by atoms with van der Waals surface area (Å²) in [6, 6.07) is 2.29. The van der Waals surface area contributed by atoms with Crippen LogP contribution >= 0.6 is 11.3 Å². The highest BCUT2D eigenvalue weighted by Gasteiger charge is 2.34. The molecule has 2 saturated heterocycles. The average molecular weight is 397 g/mol. The van der Waals surface area contributed by atoms with Gasteiger partial charge in [0.15, 0.2) is 9.84 Å². The molecular formula is C19H28N2O3S2. The second-order valence-corrected chi connectivity index (χ2v) is 11.3. The van der Waals surface area contributed by atoms with E-state index in [1.54, 1.807) is 11.3 Å². The van der Waals surface area contributed by atoms with Crippen LogP contribution in [0.2, 0.25) is 0 Å². The standard InChI is InChI=1S/C19H28N2O3S2/c1-2-14-3-4-17-15(11-14)12-18(25-17)19(22)21-8-6-20(7-9-21)16-5-10-26(23,24)13-16/h12,14,16H,2-11,13H2,1H3/t14-,16-/m1/s1. The molecule has 5 nitrogen and oxygen atoms in total. The third kappa shape index (κ3) is 3.71. The summed E-state index contributed by atoms with van der Waals surface area (Å²) < 4.78 is 23.4. The van der Waals surface area contributed by atoms with E-state index in [0.29, 0.717) is 18.8 Å². The summed E-state index contributed by atoms with van der Waals surface area (Å²) in [5, 5.41) is 0. The first-order valence-electron chi connectivity index (χ1n) is 9.80. The maximum Gasteiger partial charge on any atom is 0.264 e. The van der Waals surface area contributed by atoms with Crippen LogP contribution in [0.25, 0.3) is 0 Å². The molecule has 2 atom stereocenters. The van der Waals surface area contributed by atoms with E-state index in [9.17, 15) is 13.2 Å². The van der Waals surface area contributed by atoms with Gasteiger partial charge in [0.25, 0.3) is 5.91 Å². The second kappa shape index (κ2) is 7.24. The van der Waals surface area contributed by atoms with Crippen LogP contribution in [-0.2, 0) is 22.7 Å². The van der Waals surface area contributed by atoms with Gasteiger partial charge in [0.05, 0.1) is 16.4 Å². The summed E-state index contributed by atoms with van der Waals surface area (Å²) in [5.41, 5.74) is 1.39. The molecule has 0 N–H and O–H groups in total. The van der Waals surface area contributed by atoms with E-state index in [4.69, 9.17) is 0 Å². The molecule has 0 bridgehead atoms. The van der Waals surface area contributed by atoms with Gasteiger partial charge in [-0.3, -0.25) is 9.69 Å². The van der Waals surface area contributed by atoms with Crippen molar-refractivity contribution in [2.24, 2.45) is 5.92 Å². The molecule has 0 aromatic carbocycles. The van der Waals surface area contributed by atoms with Crippen LogP contribution in [0.15, 0.2) is 6.07 Å². The largest absolute Gasteiger partial charge is 0.335 e. The molecule has 7 heteroatoms. The zero-order valence-electron chi connectivity index (χ0n) is 15.4. The second-order valence-electron chi connectivity index (χ2n) is 7.96. The predicted molar refractivity (Wildman–Crippen MR) is 105 cm³/mol. The quantitative estimate of drug-likeness (QED) is 0.786. The summed E-state index contributed by atoms with van der Waals surface area (Å²) in [4.78, 5) is 19.4.